The Balaban J connectivity index is 1.63. The molecule has 7 heteroatoms. The number of carbonyl (C=O) groups excluding carboxylic acids is 1. The molecule has 1 amide bonds. The second kappa shape index (κ2) is 8.32. The van der Waals surface area contributed by atoms with E-state index in [0.29, 0.717) is 30.9 Å². The minimum Gasteiger partial charge on any atom is -0.484 e. The van der Waals surface area contributed by atoms with Crippen LogP contribution in [-0.2, 0) is 27.8 Å². The maximum atomic E-state index is 12.3. The van der Waals surface area contributed by atoms with Crippen LogP contribution in [0.25, 0.3) is 0 Å². The largest absolute Gasteiger partial charge is 0.484 e. The quantitative estimate of drug-likeness (QED) is 0.806. The highest BCUT2D eigenvalue weighted by molar-refractivity contribution is 7.89. The molecule has 1 N–H and O–H groups in total. The number of amides is 1. The summed E-state index contributed by atoms with van der Waals surface area (Å²) < 4.78 is 31.4. The van der Waals surface area contributed by atoms with Crippen molar-refractivity contribution in [3.8, 4) is 5.75 Å². The number of nitrogens with zero attached hydrogens (tertiary/aromatic N) is 1. The summed E-state index contributed by atoms with van der Waals surface area (Å²) >= 11 is 0. The van der Waals surface area contributed by atoms with E-state index in [1.54, 1.807) is 6.92 Å². The fourth-order valence-corrected chi connectivity index (χ4v) is 4.46. The van der Waals surface area contributed by atoms with Crippen LogP contribution < -0.4 is 10.1 Å². The topological polar surface area (TPSA) is 75.7 Å². The molecule has 0 saturated carbocycles. The zero-order chi connectivity index (χ0) is 20.3. The van der Waals surface area contributed by atoms with Gasteiger partial charge < -0.3 is 10.1 Å². The molecule has 2 aromatic rings. The van der Waals surface area contributed by atoms with E-state index in [4.69, 9.17) is 4.74 Å². The minimum absolute atomic E-state index is 0.0870. The average Bonchev–Trinajstić information content (AvgIpc) is 2.65. The lowest BCUT2D eigenvalue weighted by Crippen LogP contribution is -2.36. The average molecular weight is 403 g/mol. The zero-order valence-electron chi connectivity index (χ0n) is 16.5. The van der Waals surface area contributed by atoms with Crippen molar-refractivity contribution in [3.63, 3.8) is 0 Å². The first-order valence-electron chi connectivity index (χ1n) is 9.37. The molecule has 0 bridgehead atoms. The Kier molecular flexibility index (Phi) is 6.05. The first kappa shape index (κ1) is 20.4. The Hall–Kier alpha value is -2.38. The third-order valence-electron chi connectivity index (χ3n) is 4.79. The Bertz CT molecular complexity index is 966. The molecule has 0 aromatic heterocycles. The third kappa shape index (κ3) is 4.91. The summed E-state index contributed by atoms with van der Waals surface area (Å²) in [6.45, 7) is 6.37. The molecule has 1 heterocycles. The molecule has 0 unspecified atom stereocenters. The number of ether oxygens (including phenoxy) is 1. The molecule has 0 aliphatic carbocycles. The minimum atomic E-state index is -3.22. The van der Waals surface area contributed by atoms with E-state index >= 15 is 0 Å². The highest BCUT2D eigenvalue weighted by atomic mass is 32.2. The zero-order valence-corrected chi connectivity index (χ0v) is 17.3. The maximum Gasteiger partial charge on any atom is 0.262 e. The second-order valence-electron chi connectivity index (χ2n) is 7.13. The number of carbonyl (C=O) groups is 1. The second-order valence-corrected chi connectivity index (χ2v) is 9.39. The fourth-order valence-electron chi connectivity index (χ4n) is 3.39. The van der Waals surface area contributed by atoms with Crippen molar-refractivity contribution < 1.29 is 17.9 Å². The molecule has 0 saturated heterocycles. The summed E-state index contributed by atoms with van der Waals surface area (Å²) in [5.41, 5.74) is 4.85. The molecule has 2 aromatic carbocycles. The maximum absolute atomic E-state index is 12.3. The molecule has 6 nitrogen and oxygen atoms in total. The summed E-state index contributed by atoms with van der Waals surface area (Å²) in [6, 6.07) is 11.5. The molecule has 1 aliphatic heterocycles. The van der Waals surface area contributed by atoms with Gasteiger partial charge in [-0.3, -0.25) is 4.79 Å². The third-order valence-corrected chi connectivity index (χ3v) is 6.62. The van der Waals surface area contributed by atoms with Crippen LogP contribution in [0.5, 0.6) is 5.75 Å². The van der Waals surface area contributed by atoms with Crippen LogP contribution in [0.3, 0.4) is 0 Å². The molecule has 0 radical (unpaired) electrons. The van der Waals surface area contributed by atoms with Gasteiger partial charge in [0.1, 0.15) is 5.75 Å². The van der Waals surface area contributed by atoms with Gasteiger partial charge in [-0.2, -0.15) is 4.31 Å². The van der Waals surface area contributed by atoms with E-state index in [2.05, 4.69) is 5.32 Å². The molecule has 150 valence electrons. The van der Waals surface area contributed by atoms with Gasteiger partial charge in [-0.25, -0.2) is 8.42 Å². The molecular weight excluding hydrogens is 376 g/mol. The van der Waals surface area contributed by atoms with Crippen LogP contribution in [0.15, 0.2) is 36.4 Å². The van der Waals surface area contributed by atoms with Crippen LogP contribution in [0.2, 0.25) is 0 Å². The van der Waals surface area contributed by atoms with Gasteiger partial charge in [-0.05, 0) is 73.7 Å². The van der Waals surface area contributed by atoms with Crippen molar-refractivity contribution in [1.29, 1.82) is 0 Å². The van der Waals surface area contributed by atoms with Crippen molar-refractivity contribution in [1.82, 2.24) is 4.31 Å². The number of hydrogen-bond acceptors (Lipinski definition) is 4. The van der Waals surface area contributed by atoms with Crippen molar-refractivity contribution >= 4 is 21.6 Å². The molecule has 0 atom stereocenters. The smallest absolute Gasteiger partial charge is 0.262 e. The number of anilines is 1. The van der Waals surface area contributed by atoms with Gasteiger partial charge in [0.05, 0.1) is 5.75 Å². The number of rotatable bonds is 6. The first-order chi connectivity index (χ1) is 13.3. The summed E-state index contributed by atoms with van der Waals surface area (Å²) in [6.07, 6.45) is 0.679. The van der Waals surface area contributed by atoms with Gasteiger partial charge in [0, 0.05) is 18.8 Å². The van der Waals surface area contributed by atoms with Gasteiger partial charge in [0.15, 0.2) is 6.61 Å². The van der Waals surface area contributed by atoms with Gasteiger partial charge in [-0.1, -0.05) is 12.1 Å². The van der Waals surface area contributed by atoms with Crippen LogP contribution >= 0.6 is 0 Å². The van der Waals surface area contributed by atoms with E-state index in [-0.39, 0.29) is 18.3 Å². The molecular formula is C21H26N2O4S. The first-order valence-corrected chi connectivity index (χ1v) is 11.0. The standard InChI is InChI=1S/C21H26N2O4S/c1-4-28(25,26)23-8-7-17-5-6-19(12-18(17)13-23)22-21(24)14-27-20-10-15(2)9-16(3)11-20/h5-6,9-12H,4,7-8,13-14H2,1-3H3,(H,22,24). The summed E-state index contributed by atoms with van der Waals surface area (Å²) in [7, 11) is -3.22. The fraction of sp³-hybridized carbons (Fsp3) is 0.381. The normalized spacial score (nSPS) is 14.4. The molecule has 28 heavy (non-hydrogen) atoms. The van der Waals surface area contributed by atoms with Crippen LogP contribution in [0, 0.1) is 13.8 Å². The van der Waals surface area contributed by atoms with Crippen molar-refractivity contribution in [2.45, 2.75) is 33.7 Å². The van der Waals surface area contributed by atoms with Crippen LogP contribution in [0.4, 0.5) is 5.69 Å². The van der Waals surface area contributed by atoms with Gasteiger partial charge >= 0.3 is 0 Å². The predicted octanol–water partition coefficient (Wildman–Crippen LogP) is 3.03. The highest BCUT2D eigenvalue weighted by Crippen LogP contribution is 2.24. The lowest BCUT2D eigenvalue weighted by atomic mass is 10.0. The molecule has 0 fully saturated rings. The Morgan fingerprint density at radius 3 is 2.50 bits per heavy atom. The highest BCUT2D eigenvalue weighted by Gasteiger charge is 2.25. The Labute approximate surface area is 166 Å². The summed E-state index contributed by atoms with van der Waals surface area (Å²) in [4.78, 5) is 12.3. The SMILES string of the molecule is CCS(=O)(=O)N1CCc2ccc(NC(=O)COc3cc(C)cc(C)c3)cc2C1. The van der Waals surface area contributed by atoms with Crippen molar-refractivity contribution in [2.75, 3.05) is 24.2 Å². The van der Waals surface area contributed by atoms with E-state index in [1.165, 1.54) is 4.31 Å². The lowest BCUT2D eigenvalue weighted by molar-refractivity contribution is -0.118. The number of aryl methyl sites for hydroxylation is 2. The van der Waals surface area contributed by atoms with Crippen LogP contribution in [-0.4, -0.2) is 37.5 Å². The summed E-state index contributed by atoms with van der Waals surface area (Å²) in [5.74, 6) is 0.501. The molecule has 1 aliphatic rings. The van der Waals surface area contributed by atoms with Crippen LogP contribution in [0.1, 0.15) is 29.2 Å². The molecule has 0 spiro atoms. The Morgan fingerprint density at radius 1 is 1.11 bits per heavy atom. The number of benzene rings is 2. The van der Waals surface area contributed by atoms with E-state index in [1.807, 2.05) is 50.2 Å². The van der Waals surface area contributed by atoms with E-state index in [0.717, 1.165) is 22.3 Å². The monoisotopic (exact) mass is 402 g/mol. The van der Waals surface area contributed by atoms with Gasteiger partial charge in [-0.15, -0.1) is 0 Å². The summed E-state index contributed by atoms with van der Waals surface area (Å²) in [5, 5.41) is 2.83. The van der Waals surface area contributed by atoms with Gasteiger partial charge in [0.25, 0.3) is 5.91 Å². The molecule has 3 rings (SSSR count). The van der Waals surface area contributed by atoms with Crippen molar-refractivity contribution in [2.24, 2.45) is 0 Å². The van der Waals surface area contributed by atoms with E-state index in [9.17, 15) is 13.2 Å². The predicted molar refractivity (Wildman–Crippen MR) is 110 cm³/mol. The van der Waals surface area contributed by atoms with Crippen molar-refractivity contribution in [3.05, 3.63) is 58.7 Å². The number of sulfonamides is 1. The van der Waals surface area contributed by atoms with Gasteiger partial charge in [0.2, 0.25) is 10.0 Å². The lowest BCUT2D eigenvalue weighted by Gasteiger charge is -2.28. The van der Waals surface area contributed by atoms with E-state index < -0.39 is 10.0 Å². The number of fused-ring (bicyclic) bond motifs is 1. The number of nitrogens with one attached hydrogen (secondary N) is 1. The Morgan fingerprint density at radius 2 is 1.82 bits per heavy atom. The number of hydrogen-bond donors (Lipinski definition) is 1.